The van der Waals surface area contributed by atoms with Crippen LogP contribution in [0.25, 0.3) is 0 Å². The van der Waals surface area contributed by atoms with Gasteiger partial charge in [-0.2, -0.15) is 0 Å². The van der Waals surface area contributed by atoms with E-state index in [0.717, 1.165) is 22.6 Å². The van der Waals surface area contributed by atoms with Gasteiger partial charge in [0.05, 0.1) is 4.90 Å². The van der Waals surface area contributed by atoms with Gasteiger partial charge in [-0.15, -0.1) is 11.3 Å². The van der Waals surface area contributed by atoms with Gasteiger partial charge < -0.3 is 5.11 Å². The first-order valence-corrected chi connectivity index (χ1v) is 8.34. The highest BCUT2D eigenvalue weighted by molar-refractivity contribution is 7.89. The SMILES string of the molecule is Cc1ccc(CNS(=O)(=O)c2cc(C(=O)O)sc2C)cn1. The maximum absolute atomic E-state index is 12.2. The maximum Gasteiger partial charge on any atom is 0.345 e. The number of hydrogen-bond donors (Lipinski definition) is 2. The number of nitrogens with one attached hydrogen (secondary N) is 1. The number of thiophene rings is 1. The monoisotopic (exact) mass is 326 g/mol. The summed E-state index contributed by atoms with van der Waals surface area (Å²) in [4.78, 5) is 15.4. The summed E-state index contributed by atoms with van der Waals surface area (Å²) in [5.74, 6) is -1.13. The number of aromatic carboxylic acids is 1. The standard InChI is InChI=1S/C13H14N2O4S2/c1-8-3-4-10(6-14-8)7-15-21(18,19)12-5-11(13(16)17)20-9(12)2/h3-6,15H,7H2,1-2H3,(H,16,17). The van der Waals surface area contributed by atoms with Crippen molar-refractivity contribution >= 4 is 27.3 Å². The van der Waals surface area contributed by atoms with Gasteiger partial charge in [-0.1, -0.05) is 6.07 Å². The number of rotatable bonds is 5. The first-order chi connectivity index (χ1) is 9.79. The third kappa shape index (κ3) is 3.66. The van der Waals surface area contributed by atoms with E-state index in [-0.39, 0.29) is 16.3 Å². The molecule has 0 aromatic carbocycles. The van der Waals surface area contributed by atoms with Crippen molar-refractivity contribution < 1.29 is 18.3 Å². The van der Waals surface area contributed by atoms with E-state index in [1.165, 1.54) is 6.07 Å². The first kappa shape index (κ1) is 15.6. The highest BCUT2D eigenvalue weighted by atomic mass is 32.2. The Balaban J connectivity index is 2.18. The molecule has 0 aliphatic rings. The van der Waals surface area contributed by atoms with Gasteiger partial charge in [-0.3, -0.25) is 4.98 Å². The molecule has 2 N–H and O–H groups in total. The fourth-order valence-corrected chi connectivity index (χ4v) is 4.14. The van der Waals surface area contributed by atoms with E-state index in [4.69, 9.17) is 5.11 Å². The molecular weight excluding hydrogens is 312 g/mol. The van der Waals surface area contributed by atoms with Crippen LogP contribution in [0.4, 0.5) is 0 Å². The highest BCUT2D eigenvalue weighted by Crippen LogP contribution is 2.25. The van der Waals surface area contributed by atoms with Gasteiger partial charge in [0.25, 0.3) is 0 Å². The Kier molecular flexibility index (Phi) is 4.40. The maximum atomic E-state index is 12.2. The molecule has 0 saturated carbocycles. The van der Waals surface area contributed by atoms with Gasteiger partial charge in [0.1, 0.15) is 4.88 Å². The van der Waals surface area contributed by atoms with Gasteiger partial charge in [0, 0.05) is 23.3 Å². The lowest BCUT2D eigenvalue weighted by molar-refractivity contribution is 0.0702. The van der Waals surface area contributed by atoms with E-state index in [2.05, 4.69) is 9.71 Å². The van der Waals surface area contributed by atoms with Crippen molar-refractivity contribution in [1.29, 1.82) is 0 Å². The molecule has 8 heteroatoms. The second kappa shape index (κ2) is 5.92. The molecule has 0 saturated heterocycles. The number of carbonyl (C=O) groups is 1. The smallest absolute Gasteiger partial charge is 0.345 e. The number of nitrogens with zero attached hydrogens (tertiary/aromatic N) is 1. The van der Waals surface area contributed by atoms with Gasteiger partial charge in [-0.05, 0) is 31.5 Å². The number of sulfonamides is 1. The fourth-order valence-electron chi connectivity index (χ4n) is 1.70. The summed E-state index contributed by atoms with van der Waals surface area (Å²) in [6.07, 6.45) is 1.60. The van der Waals surface area contributed by atoms with Crippen LogP contribution in [0.3, 0.4) is 0 Å². The number of aromatic nitrogens is 1. The Morgan fingerprint density at radius 1 is 1.38 bits per heavy atom. The van der Waals surface area contributed by atoms with Crippen LogP contribution in [0.5, 0.6) is 0 Å². The molecule has 0 radical (unpaired) electrons. The van der Waals surface area contributed by atoms with Crippen LogP contribution in [-0.2, 0) is 16.6 Å². The lowest BCUT2D eigenvalue weighted by atomic mass is 10.2. The van der Waals surface area contributed by atoms with E-state index in [1.807, 2.05) is 6.92 Å². The zero-order chi connectivity index (χ0) is 15.6. The molecular formula is C13H14N2O4S2. The zero-order valence-corrected chi connectivity index (χ0v) is 13.1. The van der Waals surface area contributed by atoms with Crippen molar-refractivity contribution in [3.05, 3.63) is 45.4 Å². The van der Waals surface area contributed by atoms with Crippen LogP contribution < -0.4 is 4.72 Å². The topological polar surface area (TPSA) is 96.4 Å². The molecule has 2 rings (SSSR count). The average molecular weight is 326 g/mol. The predicted octanol–water partition coefficient (Wildman–Crippen LogP) is 1.94. The Labute approximate surface area is 126 Å². The van der Waals surface area contributed by atoms with Crippen LogP contribution in [-0.4, -0.2) is 24.5 Å². The van der Waals surface area contributed by atoms with Crippen molar-refractivity contribution in [3.63, 3.8) is 0 Å². The molecule has 2 aromatic rings. The number of aryl methyl sites for hydroxylation is 2. The largest absolute Gasteiger partial charge is 0.477 e. The molecule has 0 atom stereocenters. The Bertz CT molecular complexity index is 764. The summed E-state index contributed by atoms with van der Waals surface area (Å²) in [5.41, 5.74) is 1.58. The minimum Gasteiger partial charge on any atom is -0.477 e. The molecule has 0 bridgehead atoms. The molecule has 2 aromatic heterocycles. The van der Waals surface area contributed by atoms with Crippen molar-refractivity contribution in [1.82, 2.24) is 9.71 Å². The normalized spacial score (nSPS) is 11.5. The molecule has 2 heterocycles. The lowest BCUT2D eigenvalue weighted by Crippen LogP contribution is -2.23. The summed E-state index contributed by atoms with van der Waals surface area (Å²) in [6, 6.07) is 4.76. The number of carboxylic acid groups (broad SMARTS) is 1. The summed E-state index contributed by atoms with van der Waals surface area (Å²) < 4.78 is 26.9. The van der Waals surface area contributed by atoms with E-state index < -0.39 is 16.0 Å². The van der Waals surface area contributed by atoms with Gasteiger partial charge in [0.15, 0.2) is 0 Å². The predicted molar refractivity (Wildman–Crippen MR) is 79.0 cm³/mol. The third-order valence-electron chi connectivity index (χ3n) is 2.81. The second-order valence-electron chi connectivity index (χ2n) is 4.47. The van der Waals surface area contributed by atoms with Crippen molar-refractivity contribution in [3.8, 4) is 0 Å². The van der Waals surface area contributed by atoms with Crippen LogP contribution in [0.2, 0.25) is 0 Å². The summed E-state index contributed by atoms with van der Waals surface area (Å²) >= 11 is 0.942. The molecule has 21 heavy (non-hydrogen) atoms. The molecule has 112 valence electrons. The lowest BCUT2D eigenvalue weighted by Gasteiger charge is -2.06. The van der Waals surface area contributed by atoms with Gasteiger partial charge in [-0.25, -0.2) is 17.9 Å². The summed E-state index contributed by atoms with van der Waals surface area (Å²) in [7, 11) is -3.74. The van der Waals surface area contributed by atoms with Crippen LogP contribution in [0.15, 0.2) is 29.3 Å². The summed E-state index contributed by atoms with van der Waals surface area (Å²) in [5, 5.41) is 8.91. The molecule has 6 nitrogen and oxygen atoms in total. The molecule has 0 fully saturated rings. The zero-order valence-electron chi connectivity index (χ0n) is 11.5. The van der Waals surface area contributed by atoms with Gasteiger partial charge in [0.2, 0.25) is 10.0 Å². The van der Waals surface area contributed by atoms with Crippen molar-refractivity contribution in [2.75, 3.05) is 0 Å². The van der Waals surface area contributed by atoms with E-state index >= 15 is 0 Å². The number of hydrogen-bond acceptors (Lipinski definition) is 5. The number of carboxylic acids is 1. The second-order valence-corrected chi connectivity index (χ2v) is 7.46. The third-order valence-corrected chi connectivity index (χ3v) is 5.51. The average Bonchev–Trinajstić information content (AvgIpc) is 2.81. The minimum atomic E-state index is -3.74. The molecule has 0 spiro atoms. The summed E-state index contributed by atoms with van der Waals surface area (Å²) in [6.45, 7) is 3.53. The molecule has 0 unspecified atom stereocenters. The Hall–Kier alpha value is -1.77. The van der Waals surface area contributed by atoms with Crippen LogP contribution in [0, 0.1) is 13.8 Å². The number of pyridine rings is 1. The minimum absolute atomic E-state index is 0.00452. The molecule has 0 amide bonds. The van der Waals surface area contributed by atoms with Crippen molar-refractivity contribution in [2.45, 2.75) is 25.3 Å². The molecule has 0 aliphatic heterocycles. The van der Waals surface area contributed by atoms with E-state index in [9.17, 15) is 13.2 Å². The fraction of sp³-hybridized carbons (Fsp3) is 0.231. The van der Waals surface area contributed by atoms with Crippen molar-refractivity contribution in [2.24, 2.45) is 0 Å². The Morgan fingerprint density at radius 3 is 2.62 bits per heavy atom. The quantitative estimate of drug-likeness (QED) is 0.875. The Morgan fingerprint density at radius 2 is 2.10 bits per heavy atom. The van der Waals surface area contributed by atoms with E-state index in [0.29, 0.717) is 4.88 Å². The first-order valence-electron chi connectivity index (χ1n) is 6.04. The van der Waals surface area contributed by atoms with Crippen LogP contribution in [0.1, 0.15) is 25.8 Å². The highest BCUT2D eigenvalue weighted by Gasteiger charge is 2.21. The molecule has 0 aliphatic carbocycles. The van der Waals surface area contributed by atoms with Gasteiger partial charge >= 0.3 is 5.97 Å². The van der Waals surface area contributed by atoms with Crippen LogP contribution >= 0.6 is 11.3 Å². The van der Waals surface area contributed by atoms with E-state index in [1.54, 1.807) is 25.3 Å².